The normalized spacial score (nSPS) is 11.9. The lowest BCUT2D eigenvalue weighted by molar-refractivity contribution is -0.116. The van der Waals surface area contributed by atoms with Crippen molar-refractivity contribution in [2.75, 3.05) is 12.4 Å². The molecule has 0 aromatic heterocycles. The third-order valence-corrected chi connectivity index (χ3v) is 4.44. The molecule has 0 saturated carbocycles. The van der Waals surface area contributed by atoms with Crippen LogP contribution in [0.4, 0.5) is 5.69 Å². The van der Waals surface area contributed by atoms with Gasteiger partial charge in [0.15, 0.2) is 0 Å². The van der Waals surface area contributed by atoms with E-state index >= 15 is 0 Å². The topological polar surface area (TPSA) is 58.2 Å². The molecule has 0 heterocycles. The molecule has 0 radical (unpaired) electrons. The molecule has 0 aliphatic rings. The van der Waals surface area contributed by atoms with E-state index < -0.39 is 0 Å². The predicted molar refractivity (Wildman–Crippen MR) is 102 cm³/mol. The number of nitrogens with one attached hydrogen (secondary N) is 2. The van der Waals surface area contributed by atoms with Crippen molar-refractivity contribution in [1.29, 1.82) is 0 Å². The first-order valence-corrected chi connectivity index (χ1v) is 8.60. The standard InChI is InChI=1S/C21H26N2O2/c1-14(2)17(16-10-6-5-7-11-16)13-19(24)23-18-12-8-9-15(3)20(18)21(25)22-4/h5-12,14,17H,13H2,1-4H3,(H,22,25)(H,23,24). The van der Waals surface area contributed by atoms with Crippen LogP contribution in [0.5, 0.6) is 0 Å². The molecule has 25 heavy (non-hydrogen) atoms. The van der Waals surface area contributed by atoms with Crippen molar-refractivity contribution < 1.29 is 9.59 Å². The second-order valence-electron chi connectivity index (χ2n) is 6.59. The summed E-state index contributed by atoms with van der Waals surface area (Å²) in [4.78, 5) is 24.8. The molecule has 2 rings (SSSR count). The molecule has 0 aliphatic heterocycles. The van der Waals surface area contributed by atoms with Crippen LogP contribution in [-0.2, 0) is 4.79 Å². The van der Waals surface area contributed by atoms with E-state index in [1.165, 1.54) is 0 Å². The number of aryl methyl sites for hydroxylation is 1. The highest BCUT2D eigenvalue weighted by atomic mass is 16.2. The first-order chi connectivity index (χ1) is 11.9. The molecule has 2 aromatic rings. The zero-order valence-corrected chi connectivity index (χ0v) is 15.3. The Bertz CT molecular complexity index is 739. The molecular weight excluding hydrogens is 312 g/mol. The van der Waals surface area contributed by atoms with Gasteiger partial charge >= 0.3 is 0 Å². The Balaban J connectivity index is 2.20. The third-order valence-electron chi connectivity index (χ3n) is 4.44. The van der Waals surface area contributed by atoms with Gasteiger partial charge in [0, 0.05) is 13.5 Å². The summed E-state index contributed by atoms with van der Waals surface area (Å²) in [6, 6.07) is 15.5. The number of rotatable bonds is 6. The van der Waals surface area contributed by atoms with Crippen molar-refractivity contribution in [3.63, 3.8) is 0 Å². The molecule has 2 amide bonds. The fourth-order valence-electron chi connectivity index (χ4n) is 3.04. The highest BCUT2D eigenvalue weighted by Crippen LogP contribution is 2.28. The fraction of sp³-hybridized carbons (Fsp3) is 0.333. The summed E-state index contributed by atoms with van der Waals surface area (Å²) in [7, 11) is 1.59. The van der Waals surface area contributed by atoms with Gasteiger partial charge in [0.1, 0.15) is 0 Å². The van der Waals surface area contributed by atoms with E-state index in [9.17, 15) is 9.59 Å². The summed E-state index contributed by atoms with van der Waals surface area (Å²) in [5.74, 6) is 0.189. The van der Waals surface area contributed by atoms with Gasteiger partial charge in [-0.15, -0.1) is 0 Å². The lowest BCUT2D eigenvalue weighted by Gasteiger charge is -2.21. The van der Waals surface area contributed by atoms with Crippen LogP contribution in [0.15, 0.2) is 48.5 Å². The van der Waals surface area contributed by atoms with Gasteiger partial charge in [-0.2, -0.15) is 0 Å². The van der Waals surface area contributed by atoms with Crippen molar-refractivity contribution in [2.24, 2.45) is 5.92 Å². The van der Waals surface area contributed by atoms with E-state index in [-0.39, 0.29) is 17.7 Å². The molecule has 2 aromatic carbocycles. The number of hydrogen-bond acceptors (Lipinski definition) is 2. The van der Waals surface area contributed by atoms with E-state index in [1.807, 2.05) is 37.3 Å². The van der Waals surface area contributed by atoms with Gasteiger partial charge < -0.3 is 10.6 Å². The summed E-state index contributed by atoms with van der Waals surface area (Å²) in [6.07, 6.45) is 0.378. The van der Waals surface area contributed by atoms with Crippen LogP contribution in [0.3, 0.4) is 0 Å². The fourth-order valence-corrected chi connectivity index (χ4v) is 3.04. The second kappa shape index (κ2) is 8.47. The minimum Gasteiger partial charge on any atom is -0.355 e. The summed E-state index contributed by atoms with van der Waals surface area (Å²) in [6.45, 7) is 6.10. The molecule has 0 spiro atoms. The number of carbonyl (C=O) groups excluding carboxylic acids is 2. The smallest absolute Gasteiger partial charge is 0.253 e. The third kappa shape index (κ3) is 4.69. The Morgan fingerprint density at radius 3 is 2.28 bits per heavy atom. The van der Waals surface area contributed by atoms with Crippen LogP contribution < -0.4 is 10.6 Å². The minimum atomic E-state index is -0.197. The molecule has 0 aliphatic carbocycles. The first kappa shape index (κ1) is 18.7. The molecular formula is C21H26N2O2. The molecule has 0 saturated heterocycles. The zero-order chi connectivity index (χ0) is 18.4. The lowest BCUT2D eigenvalue weighted by Crippen LogP contribution is -2.24. The molecule has 0 fully saturated rings. The van der Waals surface area contributed by atoms with Gasteiger partial charge in [0.05, 0.1) is 11.3 Å². The van der Waals surface area contributed by atoms with Crippen LogP contribution in [-0.4, -0.2) is 18.9 Å². The van der Waals surface area contributed by atoms with Crippen LogP contribution >= 0.6 is 0 Å². The maximum absolute atomic E-state index is 12.6. The monoisotopic (exact) mass is 338 g/mol. The summed E-state index contributed by atoms with van der Waals surface area (Å²) < 4.78 is 0. The molecule has 0 bridgehead atoms. The maximum Gasteiger partial charge on any atom is 0.253 e. The van der Waals surface area contributed by atoms with Gasteiger partial charge in [-0.1, -0.05) is 56.3 Å². The Morgan fingerprint density at radius 1 is 1.00 bits per heavy atom. The Morgan fingerprint density at radius 2 is 1.68 bits per heavy atom. The Kier molecular flexibility index (Phi) is 6.34. The zero-order valence-electron chi connectivity index (χ0n) is 15.3. The van der Waals surface area contributed by atoms with Gasteiger partial charge in [0.25, 0.3) is 5.91 Å². The van der Waals surface area contributed by atoms with Crippen LogP contribution in [0, 0.1) is 12.8 Å². The number of amides is 2. The van der Waals surface area contributed by atoms with Crippen LogP contribution in [0.1, 0.15) is 47.7 Å². The van der Waals surface area contributed by atoms with Crippen molar-refractivity contribution in [3.05, 3.63) is 65.2 Å². The van der Waals surface area contributed by atoms with E-state index in [0.717, 1.165) is 11.1 Å². The second-order valence-corrected chi connectivity index (χ2v) is 6.59. The average molecular weight is 338 g/mol. The summed E-state index contributed by atoms with van der Waals surface area (Å²) in [5.41, 5.74) is 3.06. The predicted octanol–water partition coefficient (Wildman–Crippen LogP) is 4.12. The molecule has 4 nitrogen and oxygen atoms in total. The van der Waals surface area contributed by atoms with Crippen molar-refractivity contribution in [1.82, 2.24) is 5.32 Å². The van der Waals surface area contributed by atoms with Crippen LogP contribution in [0.2, 0.25) is 0 Å². The van der Waals surface area contributed by atoms with E-state index in [4.69, 9.17) is 0 Å². The highest BCUT2D eigenvalue weighted by molar-refractivity contribution is 6.04. The molecule has 4 heteroatoms. The molecule has 132 valence electrons. The number of anilines is 1. The molecule has 1 unspecified atom stereocenters. The largest absolute Gasteiger partial charge is 0.355 e. The summed E-state index contributed by atoms with van der Waals surface area (Å²) in [5, 5.41) is 5.55. The van der Waals surface area contributed by atoms with E-state index in [0.29, 0.717) is 23.6 Å². The quantitative estimate of drug-likeness (QED) is 0.832. The first-order valence-electron chi connectivity index (χ1n) is 8.60. The average Bonchev–Trinajstić information content (AvgIpc) is 2.59. The van der Waals surface area contributed by atoms with Gasteiger partial charge in [-0.05, 0) is 36.0 Å². The Hall–Kier alpha value is -2.62. The van der Waals surface area contributed by atoms with Gasteiger partial charge in [-0.3, -0.25) is 9.59 Å². The number of hydrogen-bond donors (Lipinski definition) is 2. The number of benzene rings is 2. The van der Waals surface area contributed by atoms with Crippen molar-refractivity contribution in [3.8, 4) is 0 Å². The lowest BCUT2D eigenvalue weighted by atomic mass is 9.85. The highest BCUT2D eigenvalue weighted by Gasteiger charge is 2.21. The molecule has 1 atom stereocenters. The SMILES string of the molecule is CNC(=O)c1c(C)cccc1NC(=O)CC(c1ccccc1)C(C)C. The van der Waals surface area contributed by atoms with Gasteiger partial charge in [0.2, 0.25) is 5.91 Å². The van der Waals surface area contributed by atoms with Crippen molar-refractivity contribution in [2.45, 2.75) is 33.1 Å². The van der Waals surface area contributed by atoms with Crippen molar-refractivity contribution >= 4 is 17.5 Å². The molecule has 2 N–H and O–H groups in total. The van der Waals surface area contributed by atoms with Gasteiger partial charge in [-0.25, -0.2) is 0 Å². The van der Waals surface area contributed by atoms with E-state index in [1.54, 1.807) is 13.1 Å². The van der Waals surface area contributed by atoms with Crippen LogP contribution in [0.25, 0.3) is 0 Å². The summed E-state index contributed by atoms with van der Waals surface area (Å²) >= 11 is 0. The Labute approximate surface area is 149 Å². The minimum absolute atomic E-state index is 0.0849. The number of carbonyl (C=O) groups is 2. The van der Waals surface area contributed by atoms with E-state index in [2.05, 4.69) is 36.6 Å². The maximum atomic E-state index is 12.6.